The van der Waals surface area contributed by atoms with Crippen molar-refractivity contribution in [3.05, 3.63) is 89.3 Å². The molecule has 3 aromatic rings. The molecular weight excluding hydrogens is 350 g/mol. The maximum atomic E-state index is 12.2. The lowest BCUT2D eigenvalue weighted by atomic mass is 10.1. The minimum Gasteiger partial charge on any atom is -0.348 e. The topological polar surface area (TPSA) is 64.2 Å². The summed E-state index contributed by atoms with van der Waals surface area (Å²) in [4.78, 5) is 13.5. The number of amides is 1. The maximum Gasteiger partial charge on any atom is 0.244 e. The second-order valence-electron chi connectivity index (χ2n) is 7.03. The Labute approximate surface area is 165 Å². The first-order chi connectivity index (χ1) is 13.6. The summed E-state index contributed by atoms with van der Waals surface area (Å²) in [6, 6.07) is 18.2. The first-order valence-electron chi connectivity index (χ1n) is 9.36. The van der Waals surface area contributed by atoms with E-state index < -0.39 is 0 Å². The molecular formula is C22H26N5O+. The van der Waals surface area contributed by atoms with Crippen LogP contribution in [0.15, 0.2) is 66.9 Å². The third-order valence-corrected chi connectivity index (χ3v) is 4.26. The fourth-order valence-corrected chi connectivity index (χ4v) is 2.92. The van der Waals surface area contributed by atoms with Crippen LogP contribution in [0.2, 0.25) is 0 Å². The predicted octanol–water partition coefficient (Wildman–Crippen LogP) is 1.30. The Hall–Kier alpha value is -3.25. The van der Waals surface area contributed by atoms with Crippen molar-refractivity contribution >= 4 is 12.0 Å². The molecule has 144 valence electrons. The molecule has 2 N–H and O–H groups in total. The molecule has 0 radical (unpaired) electrons. The predicted molar refractivity (Wildman–Crippen MR) is 109 cm³/mol. The van der Waals surface area contributed by atoms with Crippen molar-refractivity contribution in [3.8, 4) is 0 Å². The zero-order valence-corrected chi connectivity index (χ0v) is 16.3. The van der Waals surface area contributed by atoms with Crippen molar-refractivity contribution in [1.82, 2.24) is 20.3 Å². The molecule has 0 fully saturated rings. The maximum absolute atomic E-state index is 12.2. The smallest absolute Gasteiger partial charge is 0.244 e. The summed E-state index contributed by atoms with van der Waals surface area (Å²) in [6.45, 7) is 2.08. The fourth-order valence-electron chi connectivity index (χ4n) is 2.92. The van der Waals surface area contributed by atoms with Gasteiger partial charge in [0.15, 0.2) is 0 Å². The lowest BCUT2D eigenvalue weighted by Crippen LogP contribution is -3.04. The van der Waals surface area contributed by atoms with Crippen LogP contribution < -0.4 is 10.2 Å². The zero-order chi connectivity index (χ0) is 19.8. The fraction of sp³-hybridized carbons (Fsp3) is 0.227. The number of rotatable bonds is 8. The number of nitrogens with one attached hydrogen (secondary N) is 2. The van der Waals surface area contributed by atoms with Gasteiger partial charge in [0.1, 0.15) is 12.2 Å². The van der Waals surface area contributed by atoms with Crippen LogP contribution in [0.1, 0.15) is 22.4 Å². The molecule has 28 heavy (non-hydrogen) atoms. The Morgan fingerprint density at radius 3 is 2.54 bits per heavy atom. The number of carbonyl (C=O) groups excluding carboxylic acids is 1. The summed E-state index contributed by atoms with van der Waals surface area (Å²) >= 11 is 0. The highest BCUT2D eigenvalue weighted by molar-refractivity contribution is 5.91. The van der Waals surface area contributed by atoms with Gasteiger partial charge in [-0.1, -0.05) is 59.8 Å². The van der Waals surface area contributed by atoms with Crippen molar-refractivity contribution in [2.45, 2.75) is 19.6 Å². The van der Waals surface area contributed by atoms with Crippen molar-refractivity contribution in [2.75, 3.05) is 14.1 Å². The second kappa shape index (κ2) is 9.62. The van der Waals surface area contributed by atoms with E-state index >= 15 is 0 Å². The molecule has 0 saturated heterocycles. The Morgan fingerprint density at radius 2 is 1.79 bits per heavy atom. The van der Waals surface area contributed by atoms with Gasteiger partial charge in [0.25, 0.3) is 0 Å². The summed E-state index contributed by atoms with van der Waals surface area (Å²) in [7, 11) is 4.23. The quantitative estimate of drug-likeness (QED) is 0.583. The Balaban J connectivity index is 1.53. The van der Waals surface area contributed by atoms with E-state index in [0.717, 1.165) is 17.7 Å². The van der Waals surface area contributed by atoms with Crippen molar-refractivity contribution in [1.29, 1.82) is 0 Å². The van der Waals surface area contributed by atoms with E-state index in [-0.39, 0.29) is 5.91 Å². The second-order valence-corrected chi connectivity index (χ2v) is 7.03. The van der Waals surface area contributed by atoms with E-state index in [1.54, 1.807) is 10.8 Å². The number of aromatic nitrogens is 3. The summed E-state index contributed by atoms with van der Waals surface area (Å²) in [5, 5.41) is 11.1. The number of hydrogen-bond donors (Lipinski definition) is 2. The summed E-state index contributed by atoms with van der Waals surface area (Å²) in [5.41, 5.74) is 4.19. The van der Waals surface area contributed by atoms with Gasteiger partial charge < -0.3 is 10.2 Å². The molecule has 2 aromatic carbocycles. The van der Waals surface area contributed by atoms with Gasteiger partial charge in [0.05, 0.1) is 26.8 Å². The van der Waals surface area contributed by atoms with Gasteiger partial charge in [-0.25, -0.2) is 4.68 Å². The average Bonchev–Trinajstić information content (AvgIpc) is 3.13. The third kappa shape index (κ3) is 5.89. The highest BCUT2D eigenvalue weighted by Crippen LogP contribution is 2.07. The molecule has 0 spiro atoms. The standard InChI is InChI=1S/C22H25N5O/c1-26(2)16-20-11-7-6-10-19(20)14-23-22(28)13-12-21-17-27(25-24-21)15-18-8-4-3-5-9-18/h3-13,17H,14-16H2,1-2H3,(H,23,28)/p+1/b13-12+. The van der Waals surface area contributed by atoms with Gasteiger partial charge >= 0.3 is 0 Å². The largest absolute Gasteiger partial charge is 0.348 e. The van der Waals surface area contributed by atoms with Crippen LogP contribution in [0.25, 0.3) is 6.08 Å². The van der Waals surface area contributed by atoms with E-state index in [1.165, 1.54) is 16.5 Å². The number of quaternary nitrogens is 1. The van der Waals surface area contributed by atoms with Crippen molar-refractivity contribution < 1.29 is 9.69 Å². The molecule has 0 atom stereocenters. The van der Waals surface area contributed by atoms with Gasteiger partial charge in [-0.15, -0.1) is 5.10 Å². The summed E-state index contributed by atoms with van der Waals surface area (Å²) in [6.07, 6.45) is 5.00. The molecule has 6 nitrogen and oxygen atoms in total. The number of nitrogens with zero attached hydrogens (tertiary/aromatic N) is 3. The lowest BCUT2D eigenvalue weighted by molar-refractivity contribution is -0.872. The number of benzene rings is 2. The Morgan fingerprint density at radius 1 is 1.07 bits per heavy atom. The number of carbonyl (C=O) groups is 1. The summed E-state index contributed by atoms with van der Waals surface area (Å²) < 4.78 is 1.76. The van der Waals surface area contributed by atoms with Crippen LogP contribution in [-0.2, 0) is 24.4 Å². The molecule has 0 aliphatic rings. The van der Waals surface area contributed by atoms with Gasteiger partial charge in [-0.2, -0.15) is 0 Å². The molecule has 0 unspecified atom stereocenters. The van der Waals surface area contributed by atoms with E-state index in [9.17, 15) is 4.79 Å². The minimum absolute atomic E-state index is 0.149. The first-order valence-corrected chi connectivity index (χ1v) is 9.36. The van der Waals surface area contributed by atoms with Gasteiger partial charge in [-0.3, -0.25) is 4.79 Å². The summed E-state index contributed by atoms with van der Waals surface area (Å²) in [5.74, 6) is -0.149. The van der Waals surface area contributed by atoms with Gasteiger partial charge in [0, 0.05) is 18.2 Å². The van der Waals surface area contributed by atoms with Crippen LogP contribution in [0, 0.1) is 0 Å². The van der Waals surface area contributed by atoms with Gasteiger partial charge in [-0.05, 0) is 17.2 Å². The average molecular weight is 376 g/mol. The number of hydrogen-bond acceptors (Lipinski definition) is 3. The monoisotopic (exact) mass is 376 g/mol. The van der Waals surface area contributed by atoms with Crippen LogP contribution in [0.4, 0.5) is 0 Å². The third-order valence-electron chi connectivity index (χ3n) is 4.26. The molecule has 0 bridgehead atoms. The molecule has 0 aliphatic heterocycles. The van der Waals surface area contributed by atoms with E-state index in [1.807, 2.05) is 48.7 Å². The Bertz CT molecular complexity index is 931. The first kappa shape index (κ1) is 19.5. The van der Waals surface area contributed by atoms with Crippen molar-refractivity contribution in [2.24, 2.45) is 0 Å². The molecule has 1 aromatic heterocycles. The molecule has 0 aliphatic carbocycles. The zero-order valence-electron chi connectivity index (χ0n) is 16.3. The van der Waals surface area contributed by atoms with Crippen LogP contribution in [0.5, 0.6) is 0 Å². The van der Waals surface area contributed by atoms with Crippen molar-refractivity contribution in [3.63, 3.8) is 0 Å². The van der Waals surface area contributed by atoms with Crippen LogP contribution in [-0.4, -0.2) is 35.0 Å². The SMILES string of the molecule is C[NH+](C)Cc1ccccc1CNC(=O)/C=C/c1cn(Cc2ccccc2)nn1. The van der Waals surface area contributed by atoms with Gasteiger partial charge in [0.2, 0.25) is 5.91 Å². The highest BCUT2D eigenvalue weighted by atomic mass is 16.1. The molecule has 0 saturated carbocycles. The van der Waals surface area contributed by atoms with E-state index in [4.69, 9.17) is 0 Å². The highest BCUT2D eigenvalue weighted by Gasteiger charge is 2.06. The van der Waals surface area contributed by atoms with E-state index in [0.29, 0.717) is 18.8 Å². The van der Waals surface area contributed by atoms with Crippen LogP contribution >= 0.6 is 0 Å². The molecule has 1 amide bonds. The lowest BCUT2D eigenvalue weighted by Gasteiger charge is -2.12. The Kier molecular flexibility index (Phi) is 6.70. The van der Waals surface area contributed by atoms with Crippen LogP contribution in [0.3, 0.4) is 0 Å². The normalized spacial score (nSPS) is 11.2. The molecule has 6 heteroatoms. The minimum atomic E-state index is -0.149. The molecule has 3 rings (SSSR count). The molecule has 1 heterocycles. The van der Waals surface area contributed by atoms with E-state index in [2.05, 4.69) is 41.9 Å².